The van der Waals surface area contributed by atoms with Gasteiger partial charge in [0, 0.05) is 19.2 Å². The van der Waals surface area contributed by atoms with Crippen LogP contribution in [0.25, 0.3) is 0 Å². The summed E-state index contributed by atoms with van der Waals surface area (Å²) >= 11 is 0. The number of amides is 2. The van der Waals surface area contributed by atoms with Gasteiger partial charge in [-0.05, 0) is 30.9 Å². The Morgan fingerprint density at radius 2 is 1.91 bits per heavy atom. The van der Waals surface area contributed by atoms with E-state index in [0.717, 1.165) is 38.5 Å². The van der Waals surface area contributed by atoms with Gasteiger partial charge in [-0.2, -0.15) is 0 Å². The summed E-state index contributed by atoms with van der Waals surface area (Å²) in [4.78, 5) is 26.3. The highest BCUT2D eigenvalue weighted by Gasteiger charge is 2.13. The van der Waals surface area contributed by atoms with Crippen molar-refractivity contribution >= 4 is 18.2 Å². The molecule has 1 unspecified atom stereocenters. The number of aliphatic hydroxyl groups excluding tert-OH is 1. The molecule has 0 bridgehead atoms. The van der Waals surface area contributed by atoms with Crippen LogP contribution in [-0.2, 0) is 19.1 Å². The van der Waals surface area contributed by atoms with Gasteiger partial charge < -0.3 is 25.2 Å². The highest BCUT2D eigenvalue weighted by molar-refractivity contribution is 6.04. The van der Waals surface area contributed by atoms with Crippen LogP contribution in [0.3, 0.4) is 0 Å². The molecule has 1 fully saturated rings. The first kappa shape index (κ1) is 29.5. The first-order chi connectivity index (χ1) is 15.5. The van der Waals surface area contributed by atoms with E-state index < -0.39 is 0 Å². The summed E-state index contributed by atoms with van der Waals surface area (Å²) in [6, 6.07) is 0. The number of hydrogen-bond donors (Lipinski definition) is 3. The van der Waals surface area contributed by atoms with Crippen molar-refractivity contribution in [2.24, 2.45) is 10.9 Å². The second-order valence-electron chi connectivity index (χ2n) is 7.11. The van der Waals surface area contributed by atoms with E-state index in [2.05, 4.69) is 28.8 Å². The summed E-state index contributed by atoms with van der Waals surface area (Å²) in [5.74, 6) is 0.296. The van der Waals surface area contributed by atoms with Crippen molar-refractivity contribution in [3.05, 3.63) is 49.2 Å². The second kappa shape index (κ2) is 20.4. The molecule has 0 aromatic rings. The Kier molecular flexibility index (Phi) is 18.7. The van der Waals surface area contributed by atoms with Crippen molar-refractivity contribution in [2.75, 3.05) is 26.9 Å². The molecule has 3 N–H and O–H groups in total. The molecule has 0 saturated carbocycles. The van der Waals surface area contributed by atoms with E-state index in [1.807, 2.05) is 19.1 Å². The van der Waals surface area contributed by atoms with E-state index in [-0.39, 0.29) is 24.7 Å². The Hall–Kier alpha value is -2.55. The molecular formula is C24H39N3O5. The van der Waals surface area contributed by atoms with Gasteiger partial charge >= 0.3 is 0 Å². The highest BCUT2D eigenvalue weighted by atomic mass is 16.7. The zero-order chi connectivity index (χ0) is 24.0. The molecule has 32 heavy (non-hydrogen) atoms. The van der Waals surface area contributed by atoms with Crippen LogP contribution in [-0.4, -0.2) is 56.4 Å². The molecule has 2 amide bonds. The molecule has 1 atom stereocenters. The van der Waals surface area contributed by atoms with Gasteiger partial charge in [-0.3, -0.25) is 14.6 Å². The maximum Gasteiger partial charge on any atom is 0.228 e. The summed E-state index contributed by atoms with van der Waals surface area (Å²) in [7, 11) is 1.59. The number of carbonyl (C=O) groups is 2. The molecule has 8 heteroatoms. The number of ether oxygens (including phenoxy) is 2. The van der Waals surface area contributed by atoms with Crippen molar-refractivity contribution < 1.29 is 24.2 Å². The summed E-state index contributed by atoms with van der Waals surface area (Å²) in [5.41, 5.74) is 1.21. The second-order valence-corrected chi connectivity index (χ2v) is 7.11. The molecule has 1 rings (SSSR count). The molecule has 0 spiro atoms. The molecule has 0 radical (unpaired) electrons. The minimum Gasteiger partial charge on any atom is -0.391 e. The van der Waals surface area contributed by atoms with Crippen LogP contribution in [0.1, 0.15) is 45.4 Å². The standard InChI is InChI=1S/C20H31N3O2.C4H8O3/c1-5-11-18(6-2)13-10-8-7-9-12-17(3)20(25)23-19(21-4)14-15-22-16-24;5-3-4-6-1-2-7-4/h5-6,11,14-17H,1-2,7-10,12-13H2,3-4H3,(H,22,24)(H,21,23,25);4-5H,1-3H2/b15-14-,18-11+;. The number of carbonyl (C=O) groups excluding carboxylic acids is 2. The van der Waals surface area contributed by atoms with Gasteiger partial charge in [0.1, 0.15) is 5.84 Å². The van der Waals surface area contributed by atoms with E-state index in [9.17, 15) is 9.59 Å². The Morgan fingerprint density at radius 3 is 2.44 bits per heavy atom. The maximum atomic E-state index is 12.1. The van der Waals surface area contributed by atoms with Crippen LogP contribution >= 0.6 is 0 Å². The Labute approximate surface area is 192 Å². The zero-order valence-corrected chi connectivity index (χ0v) is 19.4. The van der Waals surface area contributed by atoms with Gasteiger partial charge in [-0.15, -0.1) is 0 Å². The number of rotatable bonds is 14. The normalized spacial score (nSPS) is 15.6. The Balaban J connectivity index is 0.00000115. The molecule has 1 aliphatic rings. The van der Waals surface area contributed by atoms with Gasteiger partial charge in [-0.1, -0.05) is 57.6 Å². The predicted octanol–water partition coefficient (Wildman–Crippen LogP) is 3.02. The number of unbranched alkanes of at least 4 members (excludes halogenated alkanes) is 3. The average Bonchev–Trinajstić information content (AvgIpc) is 3.34. The van der Waals surface area contributed by atoms with E-state index in [1.165, 1.54) is 11.8 Å². The Bertz CT molecular complexity index is 638. The molecular weight excluding hydrogens is 410 g/mol. The maximum absolute atomic E-state index is 12.1. The lowest BCUT2D eigenvalue weighted by atomic mass is 10.00. The smallest absolute Gasteiger partial charge is 0.228 e. The number of aliphatic imine (C=N–C) groups is 1. The van der Waals surface area contributed by atoms with Crippen LogP contribution in [0, 0.1) is 5.92 Å². The third kappa shape index (κ3) is 15.3. The predicted molar refractivity (Wildman–Crippen MR) is 128 cm³/mol. The fourth-order valence-electron chi connectivity index (χ4n) is 2.77. The van der Waals surface area contributed by atoms with Crippen molar-refractivity contribution in [3.63, 3.8) is 0 Å². The van der Waals surface area contributed by atoms with E-state index in [1.54, 1.807) is 19.2 Å². The van der Waals surface area contributed by atoms with Crippen LogP contribution < -0.4 is 10.6 Å². The largest absolute Gasteiger partial charge is 0.391 e. The fraction of sp³-hybridized carbons (Fsp3) is 0.542. The monoisotopic (exact) mass is 449 g/mol. The van der Waals surface area contributed by atoms with Crippen molar-refractivity contribution in [2.45, 2.75) is 51.7 Å². The number of allylic oxidation sites excluding steroid dienone is 4. The summed E-state index contributed by atoms with van der Waals surface area (Å²) in [6.45, 7) is 10.6. The van der Waals surface area contributed by atoms with Gasteiger partial charge in [0.25, 0.3) is 0 Å². The van der Waals surface area contributed by atoms with E-state index in [4.69, 9.17) is 14.6 Å². The molecule has 1 aliphatic heterocycles. The summed E-state index contributed by atoms with van der Waals surface area (Å²) in [5, 5.41) is 13.5. The Morgan fingerprint density at radius 1 is 1.22 bits per heavy atom. The van der Waals surface area contributed by atoms with E-state index in [0.29, 0.717) is 25.5 Å². The van der Waals surface area contributed by atoms with Gasteiger partial charge in [0.2, 0.25) is 12.3 Å². The van der Waals surface area contributed by atoms with Crippen molar-refractivity contribution in [1.82, 2.24) is 10.6 Å². The minimum absolute atomic E-state index is 0.0278. The molecule has 0 aromatic carbocycles. The minimum atomic E-state index is -0.347. The van der Waals surface area contributed by atoms with Gasteiger partial charge in [0.05, 0.1) is 19.8 Å². The summed E-state index contributed by atoms with van der Waals surface area (Å²) < 4.78 is 9.66. The summed E-state index contributed by atoms with van der Waals surface area (Å²) in [6.07, 6.45) is 15.1. The molecule has 0 aliphatic carbocycles. The first-order valence-electron chi connectivity index (χ1n) is 10.9. The number of amidine groups is 1. The molecule has 0 aromatic heterocycles. The lowest BCUT2D eigenvalue weighted by Crippen LogP contribution is -2.33. The van der Waals surface area contributed by atoms with Crippen LogP contribution in [0.15, 0.2) is 54.2 Å². The molecule has 1 saturated heterocycles. The van der Waals surface area contributed by atoms with Crippen LogP contribution in [0.4, 0.5) is 0 Å². The highest BCUT2D eigenvalue weighted by Crippen LogP contribution is 2.14. The first-order valence-corrected chi connectivity index (χ1v) is 10.9. The molecule has 8 nitrogen and oxygen atoms in total. The van der Waals surface area contributed by atoms with Crippen LogP contribution in [0.5, 0.6) is 0 Å². The number of nitrogens with one attached hydrogen (secondary N) is 2. The van der Waals surface area contributed by atoms with Crippen LogP contribution in [0.2, 0.25) is 0 Å². The van der Waals surface area contributed by atoms with Gasteiger partial charge in [0.15, 0.2) is 6.29 Å². The van der Waals surface area contributed by atoms with E-state index >= 15 is 0 Å². The lowest BCUT2D eigenvalue weighted by Gasteiger charge is -2.12. The third-order valence-corrected chi connectivity index (χ3v) is 4.63. The zero-order valence-electron chi connectivity index (χ0n) is 19.4. The van der Waals surface area contributed by atoms with Crippen molar-refractivity contribution in [1.29, 1.82) is 0 Å². The number of aliphatic hydroxyl groups is 1. The topological polar surface area (TPSA) is 109 Å². The fourth-order valence-corrected chi connectivity index (χ4v) is 2.77. The SMILES string of the molecule is C=C/C=C(\C=C)CCCCCCC(C)C(=O)NC(/C=C\NC=O)=NC.OCC1OCCO1. The number of nitrogens with zero attached hydrogens (tertiary/aromatic N) is 1. The van der Waals surface area contributed by atoms with Gasteiger partial charge in [-0.25, -0.2) is 0 Å². The number of hydrogen-bond acceptors (Lipinski definition) is 6. The molecule has 1 heterocycles. The third-order valence-electron chi connectivity index (χ3n) is 4.63. The quantitative estimate of drug-likeness (QED) is 0.124. The molecule has 180 valence electrons. The van der Waals surface area contributed by atoms with Crippen molar-refractivity contribution in [3.8, 4) is 0 Å². The average molecular weight is 450 g/mol. The lowest BCUT2D eigenvalue weighted by molar-refractivity contribution is -0.123.